The first-order chi connectivity index (χ1) is 19.2. The number of rotatable bonds is 6. The van der Waals surface area contributed by atoms with Crippen molar-refractivity contribution in [3.63, 3.8) is 0 Å². The van der Waals surface area contributed by atoms with Crippen molar-refractivity contribution in [3.8, 4) is 22.5 Å². The molecule has 0 unspecified atom stereocenters. The molecule has 0 fully saturated rings. The molecule has 0 bridgehead atoms. The standard InChI is InChI=1S/C28H19F4N5O3/c1-2-40-27(39)22-15-35-25-23(17(9-12-37(22)25)16-7-4-3-5-8-16)36-26(38)19-13-18(24-33-10-6-11-34-24)20(14-21(19)29)28(30,31)32/h3-15H,2H2,1H3,(H,36,38). The Labute approximate surface area is 224 Å². The molecule has 0 spiro atoms. The van der Waals surface area contributed by atoms with E-state index in [4.69, 9.17) is 4.74 Å². The smallest absolute Gasteiger partial charge is 0.417 e. The van der Waals surface area contributed by atoms with Gasteiger partial charge in [-0.15, -0.1) is 0 Å². The number of imidazole rings is 1. The first-order valence-electron chi connectivity index (χ1n) is 11.9. The lowest BCUT2D eigenvalue weighted by atomic mass is 10.0. The third-order valence-corrected chi connectivity index (χ3v) is 5.95. The van der Waals surface area contributed by atoms with Crippen LogP contribution in [0.25, 0.3) is 28.2 Å². The highest BCUT2D eigenvalue weighted by atomic mass is 19.4. The van der Waals surface area contributed by atoms with Crippen LogP contribution in [-0.4, -0.2) is 37.8 Å². The van der Waals surface area contributed by atoms with E-state index in [1.165, 1.54) is 29.1 Å². The summed E-state index contributed by atoms with van der Waals surface area (Å²) in [4.78, 5) is 37.8. The molecule has 0 atom stereocenters. The largest absolute Gasteiger partial charge is 0.461 e. The van der Waals surface area contributed by atoms with Crippen molar-refractivity contribution in [1.82, 2.24) is 19.4 Å². The van der Waals surface area contributed by atoms with E-state index in [1.807, 2.05) is 0 Å². The fraction of sp³-hybridized carbons (Fsp3) is 0.107. The van der Waals surface area contributed by atoms with E-state index in [-0.39, 0.29) is 35.5 Å². The predicted octanol–water partition coefficient (Wildman–Crippen LogP) is 6.05. The summed E-state index contributed by atoms with van der Waals surface area (Å²) in [6, 6.07) is 12.9. The fourth-order valence-electron chi connectivity index (χ4n) is 4.17. The Balaban J connectivity index is 1.65. The average molecular weight is 549 g/mol. The molecule has 1 amide bonds. The Morgan fingerprint density at radius 1 is 0.975 bits per heavy atom. The van der Waals surface area contributed by atoms with Crippen LogP contribution in [0.15, 0.2) is 79.4 Å². The maximum Gasteiger partial charge on any atom is 0.417 e. The minimum atomic E-state index is -4.93. The average Bonchev–Trinajstić information content (AvgIpc) is 3.38. The Hall–Kier alpha value is -5.13. The quantitative estimate of drug-likeness (QED) is 0.205. The number of anilines is 1. The molecular weight excluding hydrogens is 530 g/mol. The molecule has 5 rings (SSSR count). The Bertz CT molecular complexity index is 1720. The van der Waals surface area contributed by atoms with Gasteiger partial charge in [0, 0.05) is 29.7 Å². The molecule has 0 saturated carbocycles. The summed E-state index contributed by atoms with van der Waals surface area (Å²) in [5.41, 5.74) is -1.11. The van der Waals surface area contributed by atoms with Gasteiger partial charge >= 0.3 is 12.1 Å². The molecule has 12 heteroatoms. The molecule has 1 N–H and O–H groups in total. The minimum absolute atomic E-state index is 0.0798. The van der Waals surface area contributed by atoms with E-state index in [2.05, 4.69) is 20.3 Å². The zero-order valence-electron chi connectivity index (χ0n) is 20.7. The predicted molar refractivity (Wildman–Crippen MR) is 137 cm³/mol. The number of esters is 1. The van der Waals surface area contributed by atoms with Crippen molar-refractivity contribution in [3.05, 3.63) is 102 Å². The number of halogens is 4. The van der Waals surface area contributed by atoms with E-state index >= 15 is 4.39 Å². The van der Waals surface area contributed by atoms with Gasteiger partial charge in [-0.3, -0.25) is 9.20 Å². The molecular formula is C28H19F4N5O3. The lowest BCUT2D eigenvalue weighted by Gasteiger charge is -2.16. The number of benzene rings is 2. The lowest BCUT2D eigenvalue weighted by Crippen LogP contribution is -2.18. The van der Waals surface area contributed by atoms with Crippen molar-refractivity contribution >= 4 is 23.2 Å². The number of nitrogens with one attached hydrogen (secondary N) is 1. The van der Waals surface area contributed by atoms with E-state index < -0.39 is 40.6 Å². The van der Waals surface area contributed by atoms with Gasteiger partial charge in [-0.1, -0.05) is 30.3 Å². The van der Waals surface area contributed by atoms with Crippen molar-refractivity contribution < 1.29 is 31.9 Å². The van der Waals surface area contributed by atoms with Gasteiger partial charge in [0.15, 0.2) is 17.2 Å². The minimum Gasteiger partial charge on any atom is -0.461 e. The van der Waals surface area contributed by atoms with Crippen LogP contribution < -0.4 is 5.32 Å². The third kappa shape index (κ3) is 4.98. The van der Waals surface area contributed by atoms with Crippen molar-refractivity contribution in [2.24, 2.45) is 0 Å². The van der Waals surface area contributed by atoms with Crippen LogP contribution in [-0.2, 0) is 10.9 Å². The number of alkyl halides is 3. The number of hydrogen-bond donors (Lipinski definition) is 1. The van der Waals surface area contributed by atoms with Crippen LogP contribution in [0.4, 0.5) is 23.2 Å². The van der Waals surface area contributed by atoms with Gasteiger partial charge < -0.3 is 10.1 Å². The number of hydrogen-bond acceptors (Lipinski definition) is 6. The molecule has 0 aliphatic heterocycles. The Kier molecular flexibility index (Phi) is 6.99. The van der Waals surface area contributed by atoms with Crippen LogP contribution in [0.5, 0.6) is 0 Å². The van der Waals surface area contributed by atoms with Gasteiger partial charge in [0.25, 0.3) is 5.91 Å². The van der Waals surface area contributed by atoms with Gasteiger partial charge in [-0.25, -0.2) is 24.1 Å². The second kappa shape index (κ2) is 10.6. The van der Waals surface area contributed by atoms with Crippen molar-refractivity contribution in [2.45, 2.75) is 13.1 Å². The van der Waals surface area contributed by atoms with Crippen molar-refractivity contribution in [1.29, 1.82) is 0 Å². The number of pyridine rings is 1. The first-order valence-corrected chi connectivity index (χ1v) is 11.9. The Morgan fingerprint density at radius 2 is 1.70 bits per heavy atom. The molecule has 0 aliphatic rings. The maximum atomic E-state index is 15.1. The zero-order valence-corrected chi connectivity index (χ0v) is 20.7. The number of fused-ring (bicyclic) bond motifs is 1. The normalized spacial score (nSPS) is 11.4. The molecule has 0 aliphatic carbocycles. The van der Waals surface area contributed by atoms with E-state index in [0.717, 1.165) is 6.07 Å². The molecule has 3 aromatic heterocycles. The molecule has 202 valence electrons. The van der Waals surface area contributed by atoms with Gasteiger partial charge in [0.2, 0.25) is 0 Å². The van der Waals surface area contributed by atoms with Crippen LogP contribution in [0, 0.1) is 5.82 Å². The van der Waals surface area contributed by atoms with Crippen LogP contribution in [0.1, 0.15) is 33.3 Å². The summed E-state index contributed by atoms with van der Waals surface area (Å²) in [5, 5.41) is 2.59. The highest BCUT2D eigenvalue weighted by molar-refractivity contribution is 6.09. The molecule has 2 aromatic carbocycles. The van der Waals surface area contributed by atoms with Crippen LogP contribution >= 0.6 is 0 Å². The van der Waals surface area contributed by atoms with Gasteiger partial charge in [0.1, 0.15) is 5.82 Å². The highest BCUT2D eigenvalue weighted by Crippen LogP contribution is 2.38. The number of nitrogens with zero attached hydrogens (tertiary/aromatic N) is 4. The topological polar surface area (TPSA) is 98.5 Å². The summed E-state index contributed by atoms with van der Waals surface area (Å²) >= 11 is 0. The maximum absolute atomic E-state index is 15.1. The van der Waals surface area contributed by atoms with E-state index in [0.29, 0.717) is 11.1 Å². The van der Waals surface area contributed by atoms with Gasteiger partial charge in [0.05, 0.1) is 29.6 Å². The summed E-state index contributed by atoms with van der Waals surface area (Å²) in [6.07, 6.45) is 0.364. The molecule has 0 radical (unpaired) electrons. The number of ether oxygens (including phenoxy) is 1. The SMILES string of the molecule is CCOC(=O)c1cnc2c(NC(=O)c3cc(-c4ncccn4)c(C(F)(F)F)cc3F)c(-c3ccccc3)ccn12. The molecule has 3 heterocycles. The van der Waals surface area contributed by atoms with Gasteiger partial charge in [-0.2, -0.15) is 13.2 Å². The number of amides is 1. The highest BCUT2D eigenvalue weighted by Gasteiger charge is 2.36. The van der Waals surface area contributed by atoms with Crippen LogP contribution in [0.2, 0.25) is 0 Å². The molecule has 5 aromatic rings. The fourth-order valence-corrected chi connectivity index (χ4v) is 4.17. The summed E-state index contributed by atoms with van der Waals surface area (Å²) in [6.45, 7) is 1.77. The summed E-state index contributed by atoms with van der Waals surface area (Å²) in [5.74, 6) is -3.42. The van der Waals surface area contributed by atoms with E-state index in [1.54, 1.807) is 49.5 Å². The van der Waals surface area contributed by atoms with E-state index in [9.17, 15) is 22.8 Å². The van der Waals surface area contributed by atoms with Crippen molar-refractivity contribution in [2.75, 3.05) is 11.9 Å². The summed E-state index contributed by atoms with van der Waals surface area (Å²) < 4.78 is 62.8. The first kappa shape index (κ1) is 26.5. The number of carbonyl (C=O) groups is 2. The Morgan fingerprint density at radius 3 is 2.38 bits per heavy atom. The van der Waals surface area contributed by atoms with Crippen LogP contribution in [0.3, 0.4) is 0 Å². The second-order valence-corrected chi connectivity index (χ2v) is 8.43. The molecule has 40 heavy (non-hydrogen) atoms. The number of carbonyl (C=O) groups excluding carboxylic acids is 2. The second-order valence-electron chi connectivity index (χ2n) is 8.43. The van der Waals surface area contributed by atoms with Gasteiger partial charge in [-0.05, 0) is 36.8 Å². The zero-order chi connectivity index (χ0) is 28.4. The third-order valence-electron chi connectivity index (χ3n) is 5.95. The monoisotopic (exact) mass is 549 g/mol. The summed E-state index contributed by atoms with van der Waals surface area (Å²) in [7, 11) is 0. The molecule has 0 saturated heterocycles. The molecule has 8 nitrogen and oxygen atoms in total. The lowest BCUT2D eigenvalue weighted by molar-refractivity contribution is -0.137. The number of aromatic nitrogens is 4.